The Morgan fingerprint density at radius 1 is 1.38 bits per heavy atom. The maximum atomic E-state index is 13.2. The van der Waals surface area contributed by atoms with Gasteiger partial charge in [-0.2, -0.15) is 10.2 Å². The minimum Gasteiger partial charge on any atom is -0.464 e. The molecule has 1 aliphatic rings. The molecule has 1 fully saturated rings. The van der Waals surface area contributed by atoms with Gasteiger partial charge in [0, 0.05) is 12.1 Å². The van der Waals surface area contributed by atoms with Crippen molar-refractivity contribution in [2.45, 2.75) is 31.8 Å². The van der Waals surface area contributed by atoms with Crippen LogP contribution in [0, 0.1) is 5.82 Å². The van der Waals surface area contributed by atoms with Gasteiger partial charge in [0.2, 0.25) is 5.91 Å². The van der Waals surface area contributed by atoms with Crippen molar-refractivity contribution in [3.63, 3.8) is 0 Å². The number of esters is 1. The number of halogens is 1. The van der Waals surface area contributed by atoms with Crippen molar-refractivity contribution in [3.8, 4) is 0 Å². The molecule has 11 heteroatoms. The van der Waals surface area contributed by atoms with Crippen LogP contribution in [0.3, 0.4) is 0 Å². The maximum Gasteiger partial charge on any atom is 0.315 e. The molecule has 1 aromatic heterocycles. The number of aromatic nitrogens is 2. The van der Waals surface area contributed by atoms with E-state index >= 15 is 0 Å². The van der Waals surface area contributed by atoms with Gasteiger partial charge in [0.05, 0.1) is 17.9 Å². The number of H-pyrrole nitrogens is 1. The molecule has 29 heavy (non-hydrogen) atoms. The van der Waals surface area contributed by atoms with Crippen molar-refractivity contribution in [3.05, 3.63) is 35.8 Å². The molecule has 3 rings (SSSR count). The number of nitrogens with one attached hydrogen (secondary N) is 3. The van der Waals surface area contributed by atoms with E-state index in [0.717, 1.165) is 19.4 Å². The monoisotopic (exact) mass is 403 g/mol. The Bertz CT molecular complexity index is 893. The summed E-state index contributed by atoms with van der Waals surface area (Å²) in [5.74, 6) is -1.45. The smallest absolute Gasteiger partial charge is 0.315 e. The average Bonchev–Trinajstić information content (AvgIpc) is 3.33. The van der Waals surface area contributed by atoms with Crippen molar-refractivity contribution in [1.82, 2.24) is 20.8 Å². The highest BCUT2D eigenvalue weighted by Gasteiger charge is 2.18. The second-order valence-electron chi connectivity index (χ2n) is 6.55. The van der Waals surface area contributed by atoms with Crippen LogP contribution in [-0.4, -0.2) is 41.3 Å². The zero-order chi connectivity index (χ0) is 20.6. The van der Waals surface area contributed by atoms with Crippen molar-refractivity contribution >= 4 is 29.1 Å². The van der Waals surface area contributed by atoms with E-state index in [1.165, 1.54) is 18.2 Å². The van der Waals surface area contributed by atoms with Gasteiger partial charge in [0.1, 0.15) is 18.8 Å². The van der Waals surface area contributed by atoms with Gasteiger partial charge in [-0.1, -0.05) is 6.07 Å². The number of nitrogen functional groups attached to an aromatic ring is 1. The molecule has 1 aliphatic heterocycles. The van der Waals surface area contributed by atoms with Crippen LogP contribution in [0.5, 0.6) is 0 Å². The fraction of sp³-hybridized carbons (Fsp3) is 0.389. The molecule has 0 aliphatic carbocycles. The molecule has 1 unspecified atom stereocenters. The molecule has 1 aromatic carbocycles. The lowest BCUT2D eigenvalue weighted by Gasteiger charge is -2.10. The second kappa shape index (κ2) is 9.73. The Kier molecular flexibility index (Phi) is 6.85. The van der Waals surface area contributed by atoms with Crippen LogP contribution >= 0.6 is 0 Å². The van der Waals surface area contributed by atoms with Gasteiger partial charge in [-0.3, -0.25) is 14.7 Å². The molecule has 0 bridgehead atoms. The molecular weight excluding hydrogens is 381 g/mol. The Morgan fingerprint density at radius 3 is 3.00 bits per heavy atom. The third-order valence-corrected chi connectivity index (χ3v) is 4.29. The first-order valence-electron chi connectivity index (χ1n) is 9.17. The van der Waals surface area contributed by atoms with E-state index < -0.39 is 24.1 Å². The number of carbonyl (C=O) groups excluding carboxylic acids is 2. The average molecular weight is 403 g/mol. The van der Waals surface area contributed by atoms with Crippen molar-refractivity contribution in [1.29, 1.82) is 0 Å². The summed E-state index contributed by atoms with van der Waals surface area (Å²) < 4.78 is 18.3. The van der Waals surface area contributed by atoms with Crippen LogP contribution < -0.4 is 16.4 Å². The van der Waals surface area contributed by atoms with E-state index in [1.807, 2.05) is 0 Å². The van der Waals surface area contributed by atoms with E-state index in [2.05, 4.69) is 31.1 Å². The predicted octanol–water partition coefficient (Wildman–Crippen LogP) is 1.85. The van der Waals surface area contributed by atoms with E-state index in [9.17, 15) is 14.0 Å². The standard InChI is InChI=1S/C18H22FN7O3/c19-11-3-1-4-12(7-11)23-25-17-14(24-26-18(17)20)9-22-15(27)8-16(28)29-10-13-5-2-6-21-13/h1,3-4,7,13,21H,2,5-6,8-10H2,(H,22,27)(H3,20,24,26). The second-order valence-corrected chi connectivity index (χ2v) is 6.55. The number of anilines is 1. The fourth-order valence-corrected chi connectivity index (χ4v) is 2.79. The number of hydrogen-bond donors (Lipinski definition) is 4. The largest absolute Gasteiger partial charge is 0.464 e. The third-order valence-electron chi connectivity index (χ3n) is 4.29. The van der Waals surface area contributed by atoms with Gasteiger partial charge in [-0.05, 0) is 31.5 Å². The number of amides is 1. The molecule has 1 atom stereocenters. The van der Waals surface area contributed by atoms with Crippen molar-refractivity contribution in [2.75, 3.05) is 18.9 Å². The summed E-state index contributed by atoms with van der Waals surface area (Å²) in [7, 11) is 0. The highest BCUT2D eigenvalue weighted by Crippen LogP contribution is 2.26. The number of rotatable bonds is 8. The number of benzene rings is 1. The minimum absolute atomic E-state index is 0.0119. The van der Waals surface area contributed by atoms with Gasteiger partial charge >= 0.3 is 5.97 Å². The maximum absolute atomic E-state index is 13.2. The number of azo groups is 1. The number of hydrogen-bond acceptors (Lipinski definition) is 8. The highest BCUT2D eigenvalue weighted by molar-refractivity contribution is 5.94. The molecule has 10 nitrogen and oxygen atoms in total. The zero-order valence-electron chi connectivity index (χ0n) is 15.7. The molecule has 2 heterocycles. The van der Waals surface area contributed by atoms with Gasteiger partial charge in [-0.25, -0.2) is 4.39 Å². The predicted molar refractivity (Wildman–Crippen MR) is 102 cm³/mol. The SMILES string of the molecule is Nc1n[nH]c(CNC(=O)CC(=O)OCC2CCCN2)c1N=Nc1cccc(F)c1. The first kappa shape index (κ1) is 20.4. The van der Waals surface area contributed by atoms with Crippen LogP contribution in [0.2, 0.25) is 0 Å². The van der Waals surface area contributed by atoms with Crippen molar-refractivity contribution < 1.29 is 18.7 Å². The summed E-state index contributed by atoms with van der Waals surface area (Å²) >= 11 is 0. The Morgan fingerprint density at radius 2 is 2.24 bits per heavy atom. The van der Waals surface area contributed by atoms with Crippen molar-refractivity contribution in [2.24, 2.45) is 10.2 Å². The summed E-state index contributed by atoms with van der Waals surface area (Å²) in [5, 5.41) is 20.2. The Balaban J connectivity index is 1.50. The summed E-state index contributed by atoms with van der Waals surface area (Å²) in [6.07, 6.45) is 1.61. The van der Waals surface area contributed by atoms with Crippen LogP contribution in [-0.2, 0) is 20.9 Å². The van der Waals surface area contributed by atoms with Crippen LogP contribution in [0.1, 0.15) is 25.0 Å². The number of nitrogens with two attached hydrogens (primary N) is 1. The lowest BCUT2D eigenvalue weighted by atomic mass is 10.2. The van der Waals surface area contributed by atoms with Crippen LogP contribution in [0.15, 0.2) is 34.5 Å². The van der Waals surface area contributed by atoms with Gasteiger partial charge in [0.25, 0.3) is 0 Å². The van der Waals surface area contributed by atoms with E-state index in [1.54, 1.807) is 6.07 Å². The summed E-state index contributed by atoms with van der Waals surface area (Å²) in [6.45, 7) is 1.18. The lowest BCUT2D eigenvalue weighted by Crippen LogP contribution is -2.30. The molecule has 0 saturated carbocycles. The minimum atomic E-state index is -0.591. The van der Waals surface area contributed by atoms with Gasteiger partial charge in [0.15, 0.2) is 11.5 Å². The van der Waals surface area contributed by atoms with E-state index in [4.69, 9.17) is 10.5 Å². The van der Waals surface area contributed by atoms with E-state index in [-0.39, 0.29) is 30.7 Å². The molecule has 2 aromatic rings. The first-order valence-corrected chi connectivity index (χ1v) is 9.17. The Hall–Kier alpha value is -3.34. The number of aromatic amines is 1. The molecule has 1 amide bonds. The molecule has 154 valence electrons. The van der Waals surface area contributed by atoms with Gasteiger partial charge in [-0.15, -0.1) is 5.11 Å². The first-order chi connectivity index (χ1) is 14.0. The quantitative estimate of drug-likeness (QED) is 0.300. The van der Waals surface area contributed by atoms with Crippen LogP contribution in [0.4, 0.5) is 21.6 Å². The summed E-state index contributed by atoms with van der Waals surface area (Å²) in [5.41, 5.74) is 6.69. The topological polar surface area (TPSA) is 147 Å². The van der Waals surface area contributed by atoms with Crippen LogP contribution in [0.25, 0.3) is 0 Å². The summed E-state index contributed by atoms with van der Waals surface area (Å²) in [6, 6.07) is 5.75. The molecule has 1 saturated heterocycles. The fourth-order valence-electron chi connectivity index (χ4n) is 2.79. The lowest BCUT2D eigenvalue weighted by molar-refractivity contribution is -0.147. The highest BCUT2D eigenvalue weighted by atomic mass is 19.1. The third kappa shape index (κ3) is 6.07. The molecule has 0 spiro atoms. The number of carbonyl (C=O) groups is 2. The normalized spacial score (nSPS) is 16.2. The van der Waals surface area contributed by atoms with Gasteiger partial charge < -0.3 is 21.1 Å². The van der Waals surface area contributed by atoms with E-state index in [0.29, 0.717) is 11.4 Å². The molecular formula is C18H22FN7O3. The number of ether oxygens (including phenoxy) is 1. The molecule has 0 radical (unpaired) electrons. The number of nitrogens with zero attached hydrogens (tertiary/aromatic N) is 3. The summed E-state index contributed by atoms with van der Waals surface area (Å²) in [4.78, 5) is 23.7. The Labute approximate surface area is 166 Å². The molecule has 5 N–H and O–H groups in total. The zero-order valence-corrected chi connectivity index (χ0v) is 15.7.